The summed E-state index contributed by atoms with van der Waals surface area (Å²) in [7, 11) is 1.61. The van der Waals surface area contributed by atoms with Gasteiger partial charge in [-0.25, -0.2) is 0 Å². The molecule has 0 radical (unpaired) electrons. The average Bonchev–Trinajstić information content (AvgIpc) is 2.10. The number of aliphatic hydroxyl groups excluding tert-OH is 1. The quantitative estimate of drug-likeness (QED) is 0.663. The first-order valence-corrected chi connectivity index (χ1v) is 5.30. The van der Waals surface area contributed by atoms with Gasteiger partial charge in [-0.3, -0.25) is 4.90 Å². The van der Waals surface area contributed by atoms with E-state index in [1.54, 1.807) is 7.11 Å². The third kappa shape index (κ3) is 3.53. The second-order valence-electron chi connectivity index (χ2n) is 4.24. The van der Waals surface area contributed by atoms with Crippen molar-refractivity contribution in [1.29, 1.82) is 0 Å². The fraction of sp³-hybridized carbons (Fsp3) is 1.00. The van der Waals surface area contributed by atoms with Gasteiger partial charge in [0.2, 0.25) is 0 Å². The summed E-state index contributed by atoms with van der Waals surface area (Å²) in [5.74, 6) is 0. The Morgan fingerprint density at radius 1 is 1.64 bits per heavy atom. The number of hydrogen-bond donors (Lipinski definition) is 2. The maximum Gasteiger partial charge on any atom is 0.0900 e. The van der Waals surface area contributed by atoms with E-state index in [0.29, 0.717) is 25.2 Å². The predicted molar refractivity (Wildman–Crippen MR) is 56.1 cm³/mol. The predicted octanol–water partition coefficient (Wildman–Crippen LogP) is -0.195. The second-order valence-corrected chi connectivity index (χ2v) is 4.24. The van der Waals surface area contributed by atoms with Gasteiger partial charge in [-0.15, -0.1) is 0 Å². The summed E-state index contributed by atoms with van der Waals surface area (Å²) in [4.78, 5) is 2.28. The molecular weight excluding hydrogens is 180 g/mol. The standard InChI is InChI=1S/C10H22N2O2/c1-8-5-9(11)3-4-12(8)6-10(13)7-14-2/h8-10,13H,3-7,11H2,1-2H3. The number of nitrogens with two attached hydrogens (primary N) is 1. The number of nitrogens with zero attached hydrogens (tertiary/aromatic N) is 1. The average molecular weight is 202 g/mol. The van der Waals surface area contributed by atoms with Crippen LogP contribution in [0.15, 0.2) is 0 Å². The van der Waals surface area contributed by atoms with Gasteiger partial charge in [-0.1, -0.05) is 0 Å². The minimum absolute atomic E-state index is 0.334. The van der Waals surface area contributed by atoms with Crippen molar-refractivity contribution in [2.45, 2.75) is 38.0 Å². The Kier molecular flexibility index (Phi) is 4.81. The largest absolute Gasteiger partial charge is 0.389 e. The van der Waals surface area contributed by atoms with E-state index in [4.69, 9.17) is 10.5 Å². The first kappa shape index (κ1) is 11.9. The van der Waals surface area contributed by atoms with Crippen LogP contribution in [0.25, 0.3) is 0 Å². The molecule has 1 rings (SSSR count). The highest BCUT2D eigenvalue weighted by Gasteiger charge is 2.24. The van der Waals surface area contributed by atoms with E-state index < -0.39 is 0 Å². The van der Waals surface area contributed by atoms with Gasteiger partial charge in [0.25, 0.3) is 0 Å². The highest BCUT2D eigenvalue weighted by atomic mass is 16.5. The van der Waals surface area contributed by atoms with E-state index in [1.807, 2.05) is 0 Å². The normalized spacial score (nSPS) is 31.7. The molecule has 0 aromatic heterocycles. The summed E-state index contributed by atoms with van der Waals surface area (Å²) in [5.41, 5.74) is 5.86. The monoisotopic (exact) mass is 202 g/mol. The zero-order chi connectivity index (χ0) is 10.6. The molecule has 0 aliphatic carbocycles. The van der Waals surface area contributed by atoms with Crippen LogP contribution in [0.2, 0.25) is 0 Å². The molecule has 1 saturated heterocycles. The van der Waals surface area contributed by atoms with E-state index in [1.165, 1.54) is 0 Å². The summed E-state index contributed by atoms with van der Waals surface area (Å²) in [5, 5.41) is 9.59. The third-order valence-electron chi connectivity index (χ3n) is 2.86. The molecule has 0 spiro atoms. The van der Waals surface area contributed by atoms with E-state index in [-0.39, 0.29) is 6.10 Å². The number of aliphatic hydroxyl groups is 1. The van der Waals surface area contributed by atoms with Gasteiger partial charge in [-0.2, -0.15) is 0 Å². The number of rotatable bonds is 4. The highest BCUT2D eigenvalue weighted by molar-refractivity contribution is 4.81. The number of likely N-dealkylation sites (tertiary alicyclic amines) is 1. The molecule has 3 unspecified atom stereocenters. The Balaban J connectivity index is 2.29. The first-order valence-electron chi connectivity index (χ1n) is 5.30. The molecule has 1 heterocycles. The summed E-state index contributed by atoms with van der Waals surface area (Å²) in [6, 6.07) is 0.811. The Bertz CT molecular complexity index is 166. The molecule has 4 heteroatoms. The lowest BCUT2D eigenvalue weighted by atomic mass is 9.99. The van der Waals surface area contributed by atoms with Crippen molar-refractivity contribution in [2.75, 3.05) is 26.8 Å². The van der Waals surface area contributed by atoms with Crippen molar-refractivity contribution in [3.8, 4) is 0 Å². The van der Waals surface area contributed by atoms with Crippen LogP contribution in [0.1, 0.15) is 19.8 Å². The van der Waals surface area contributed by atoms with Crippen LogP contribution in [0.4, 0.5) is 0 Å². The number of methoxy groups -OCH3 is 1. The van der Waals surface area contributed by atoms with Crippen LogP contribution in [-0.2, 0) is 4.74 Å². The van der Waals surface area contributed by atoms with Gasteiger partial charge in [0.15, 0.2) is 0 Å². The number of piperidine rings is 1. The van der Waals surface area contributed by atoms with Crippen molar-refractivity contribution >= 4 is 0 Å². The van der Waals surface area contributed by atoms with E-state index >= 15 is 0 Å². The fourth-order valence-corrected chi connectivity index (χ4v) is 2.04. The van der Waals surface area contributed by atoms with Crippen molar-refractivity contribution in [1.82, 2.24) is 4.90 Å². The molecule has 0 saturated carbocycles. The summed E-state index contributed by atoms with van der Waals surface area (Å²) >= 11 is 0. The van der Waals surface area contributed by atoms with E-state index in [2.05, 4.69) is 11.8 Å². The SMILES string of the molecule is COCC(O)CN1CCC(N)CC1C. The maximum atomic E-state index is 9.59. The van der Waals surface area contributed by atoms with Gasteiger partial charge >= 0.3 is 0 Å². The second kappa shape index (κ2) is 5.66. The van der Waals surface area contributed by atoms with Gasteiger partial charge in [0.05, 0.1) is 12.7 Å². The summed E-state index contributed by atoms with van der Waals surface area (Å²) in [6.07, 6.45) is 1.68. The molecule has 1 aliphatic rings. The highest BCUT2D eigenvalue weighted by Crippen LogP contribution is 2.15. The van der Waals surface area contributed by atoms with Crippen LogP contribution in [0, 0.1) is 0 Å². The van der Waals surface area contributed by atoms with Crippen LogP contribution < -0.4 is 5.73 Å². The Morgan fingerprint density at radius 2 is 2.36 bits per heavy atom. The molecule has 0 amide bonds. The molecular formula is C10H22N2O2. The number of hydrogen-bond acceptors (Lipinski definition) is 4. The number of ether oxygens (including phenoxy) is 1. The van der Waals surface area contributed by atoms with Crippen LogP contribution in [-0.4, -0.2) is 55.0 Å². The van der Waals surface area contributed by atoms with E-state index in [0.717, 1.165) is 19.4 Å². The number of β-amino-alcohol motifs (C(OH)–C–C–N with tert-alkyl or cyclic N) is 1. The zero-order valence-electron chi connectivity index (χ0n) is 9.15. The van der Waals surface area contributed by atoms with Crippen molar-refractivity contribution in [3.05, 3.63) is 0 Å². The Labute approximate surface area is 86.0 Å². The molecule has 3 atom stereocenters. The van der Waals surface area contributed by atoms with Crippen molar-refractivity contribution < 1.29 is 9.84 Å². The molecule has 84 valence electrons. The zero-order valence-corrected chi connectivity index (χ0v) is 9.15. The van der Waals surface area contributed by atoms with Crippen molar-refractivity contribution in [2.24, 2.45) is 5.73 Å². The molecule has 1 aliphatic heterocycles. The smallest absolute Gasteiger partial charge is 0.0900 e. The summed E-state index contributed by atoms with van der Waals surface area (Å²) in [6.45, 7) is 4.26. The molecule has 1 fully saturated rings. The lowest BCUT2D eigenvalue weighted by Gasteiger charge is -2.37. The van der Waals surface area contributed by atoms with Crippen LogP contribution >= 0.6 is 0 Å². The lowest BCUT2D eigenvalue weighted by Crippen LogP contribution is -2.48. The summed E-state index contributed by atoms with van der Waals surface area (Å²) < 4.78 is 4.90. The Morgan fingerprint density at radius 3 is 2.93 bits per heavy atom. The van der Waals surface area contributed by atoms with Gasteiger partial charge in [-0.05, 0) is 26.3 Å². The van der Waals surface area contributed by atoms with Crippen LogP contribution in [0.3, 0.4) is 0 Å². The molecule has 0 bridgehead atoms. The molecule has 14 heavy (non-hydrogen) atoms. The van der Waals surface area contributed by atoms with Crippen molar-refractivity contribution in [3.63, 3.8) is 0 Å². The maximum absolute atomic E-state index is 9.59. The topological polar surface area (TPSA) is 58.7 Å². The van der Waals surface area contributed by atoms with Gasteiger partial charge in [0, 0.05) is 25.7 Å². The molecule has 0 aromatic carbocycles. The minimum atomic E-state index is -0.378. The van der Waals surface area contributed by atoms with Gasteiger partial charge in [0.1, 0.15) is 0 Å². The third-order valence-corrected chi connectivity index (χ3v) is 2.86. The lowest BCUT2D eigenvalue weighted by molar-refractivity contribution is 0.0189. The molecule has 4 nitrogen and oxygen atoms in total. The molecule has 3 N–H and O–H groups in total. The van der Waals surface area contributed by atoms with Crippen LogP contribution in [0.5, 0.6) is 0 Å². The molecule has 0 aromatic rings. The fourth-order valence-electron chi connectivity index (χ4n) is 2.04. The minimum Gasteiger partial charge on any atom is -0.389 e. The van der Waals surface area contributed by atoms with Gasteiger partial charge < -0.3 is 15.6 Å². The first-order chi connectivity index (χ1) is 6.63. The Hall–Kier alpha value is -0.160. The van der Waals surface area contributed by atoms with E-state index in [9.17, 15) is 5.11 Å².